The van der Waals surface area contributed by atoms with Crippen LogP contribution in [0.1, 0.15) is 42.2 Å². The second-order valence-corrected chi connectivity index (χ2v) is 9.14. The van der Waals surface area contributed by atoms with Gasteiger partial charge >= 0.3 is 0 Å². The molecule has 1 nitrogen and oxygen atoms in total. The highest BCUT2D eigenvalue weighted by atomic mass is 127. The Morgan fingerprint density at radius 1 is 1.29 bits per heavy atom. The van der Waals surface area contributed by atoms with Crippen molar-refractivity contribution in [1.82, 2.24) is 5.32 Å². The summed E-state index contributed by atoms with van der Waals surface area (Å²) in [5, 5.41) is 3.91. The summed E-state index contributed by atoms with van der Waals surface area (Å²) in [4.78, 5) is 1.64. The molecule has 1 saturated heterocycles. The molecule has 2 heterocycles. The molecule has 2 unspecified atom stereocenters. The van der Waals surface area contributed by atoms with E-state index < -0.39 is 0 Å². The molecule has 3 rings (SSSR count). The lowest BCUT2D eigenvalue weighted by Gasteiger charge is -2.30. The van der Waals surface area contributed by atoms with Gasteiger partial charge in [-0.25, -0.2) is 0 Å². The molecule has 1 aliphatic heterocycles. The van der Waals surface area contributed by atoms with E-state index in [1.165, 1.54) is 46.5 Å². The lowest BCUT2D eigenvalue weighted by Crippen LogP contribution is -2.37. The third-order valence-corrected chi connectivity index (χ3v) is 6.87. The number of thiophene rings is 1. The molecule has 0 saturated carbocycles. The molecular formula is C13H18INS2. The van der Waals surface area contributed by atoms with Crippen LogP contribution in [0.3, 0.4) is 0 Å². The van der Waals surface area contributed by atoms with Crippen LogP contribution in [0.25, 0.3) is 0 Å². The second-order valence-electron chi connectivity index (χ2n) is 4.95. The van der Waals surface area contributed by atoms with Gasteiger partial charge in [-0.2, -0.15) is 11.8 Å². The Bertz CT molecular complexity index is 385. The normalized spacial score (nSPS) is 29.0. The number of halogens is 1. The van der Waals surface area contributed by atoms with Gasteiger partial charge < -0.3 is 5.32 Å². The molecule has 1 aromatic heterocycles. The number of nitrogens with one attached hydrogen (secondary N) is 1. The number of hydrogen-bond donors (Lipinski definition) is 1. The summed E-state index contributed by atoms with van der Waals surface area (Å²) in [7, 11) is 0. The predicted octanol–water partition coefficient (Wildman–Crippen LogP) is 4.22. The molecule has 1 fully saturated rings. The van der Waals surface area contributed by atoms with Gasteiger partial charge in [-0.15, -0.1) is 11.3 Å². The average Bonchev–Trinajstić information content (AvgIpc) is 2.72. The van der Waals surface area contributed by atoms with Crippen LogP contribution in [-0.4, -0.2) is 17.5 Å². The first-order valence-corrected chi connectivity index (χ1v) is 9.50. The molecule has 94 valence electrons. The average molecular weight is 379 g/mol. The smallest absolute Gasteiger partial charge is 0.0659 e. The van der Waals surface area contributed by atoms with Crippen LogP contribution in [0, 0.1) is 2.88 Å². The topological polar surface area (TPSA) is 12.0 Å². The predicted molar refractivity (Wildman–Crippen MR) is 86.2 cm³/mol. The standard InChI is InChI=1S/C13H18INS2/c14-13-7-10-11(4-1-5-12(10)17-13)15-9-3-2-6-16-8-9/h7,9,11,15H,1-6,8H2. The molecule has 17 heavy (non-hydrogen) atoms. The first-order chi connectivity index (χ1) is 8.33. The summed E-state index contributed by atoms with van der Waals surface area (Å²) in [6.07, 6.45) is 6.77. The van der Waals surface area contributed by atoms with Gasteiger partial charge in [-0.05, 0) is 72.1 Å². The molecule has 1 N–H and O–H groups in total. The maximum atomic E-state index is 3.91. The van der Waals surface area contributed by atoms with Crippen LogP contribution in [0.2, 0.25) is 0 Å². The Morgan fingerprint density at radius 2 is 2.24 bits per heavy atom. The third-order valence-electron chi connectivity index (χ3n) is 3.68. The van der Waals surface area contributed by atoms with Crippen molar-refractivity contribution in [2.24, 2.45) is 0 Å². The van der Waals surface area contributed by atoms with Crippen LogP contribution in [0.5, 0.6) is 0 Å². The van der Waals surface area contributed by atoms with E-state index in [0.717, 1.165) is 6.04 Å². The zero-order valence-electron chi connectivity index (χ0n) is 9.88. The van der Waals surface area contributed by atoms with Crippen molar-refractivity contribution in [1.29, 1.82) is 0 Å². The first kappa shape index (κ1) is 12.8. The zero-order valence-corrected chi connectivity index (χ0v) is 13.7. The highest BCUT2D eigenvalue weighted by Crippen LogP contribution is 2.37. The minimum Gasteiger partial charge on any atom is -0.306 e. The Balaban J connectivity index is 1.71. The molecule has 0 aromatic carbocycles. The van der Waals surface area contributed by atoms with Crippen molar-refractivity contribution in [2.75, 3.05) is 11.5 Å². The first-order valence-electron chi connectivity index (χ1n) is 6.45. The summed E-state index contributed by atoms with van der Waals surface area (Å²) >= 11 is 6.58. The third kappa shape index (κ3) is 3.01. The molecular weight excluding hydrogens is 361 g/mol. The largest absolute Gasteiger partial charge is 0.306 e. The highest BCUT2D eigenvalue weighted by Gasteiger charge is 2.25. The number of fused-ring (bicyclic) bond motifs is 1. The summed E-state index contributed by atoms with van der Waals surface area (Å²) < 4.78 is 1.46. The molecule has 0 spiro atoms. The van der Waals surface area contributed by atoms with E-state index >= 15 is 0 Å². The molecule has 4 heteroatoms. The van der Waals surface area contributed by atoms with Crippen LogP contribution in [0.15, 0.2) is 6.07 Å². The van der Waals surface area contributed by atoms with Crippen LogP contribution in [-0.2, 0) is 6.42 Å². The fraction of sp³-hybridized carbons (Fsp3) is 0.692. The van der Waals surface area contributed by atoms with Gasteiger partial charge in [0.25, 0.3) is 0 Å². The van der Waals surface area contributed by atoms with Crippen molar-refractivity contribution in [3.63, 3.8) is 0 Å². The molecule has 1 aromatic rings. The van der Waals surface area contributed by atoms with Crippen LogP contribution in [0.4, 0.5) is 0 Å². The van der Waals surface area contributed by atoms with Gasteiger partial charge in [0.1, 0.15) is 0 Å². The number of aryl methyl sites for hydroxylation is 1. The zero-order chi connectivity index (χ0) is 11.7. The SMILES string of the molecule is Ic1cc2c(s1)CCCC2NC1CCCSC1. The Morgan fingerprint density at radius 3 is 3.06 bits per heavy atom. The molecule has 0 bridgehead atoms. The minimum absolute atomic E-state index is 0.641. The van der Waals surface area contributed by atoms with Crippen molar-refractivity contribution in [3.8, 4) is 0 Å². The number of rotatable bonds is 2. The second kappa shape index (κ2) is 5.80. The van der Waals surface area contributed by atoms with E-state index in [9.17, 15) is 0 Å². The molecule has 2 aliphatic rings. The van der Waals surface area contributed by atoms with E-state index in [2.05, 4.69) is 45.7 Å². The van der Waals surface area contributed by atoms with Gasteiger partial charge in [-0.1, -0.05) is 0 Å². The Labute approximate surface area is 125 Å². The van der Waals surface area contributed by atoms with Crippen LogP contribution >= 0.6 is 45.7 Å². The van der Waals surface area contributed by atoms with Crippen molar-refractivity contribution >= 4 is 45.7 Å². The summed E-state index contributed by atoms with van der Waals surface area (Å²) in [5.41, 5.74) is 1.61. The number of thioether (sulfide) groups is 1. The van der Waals surface area contributed by atoms with Crippen LogP contribution < -0.4 is 5.32 Å². The Kier molecular flexibility index (Phi) is 4.35. The fourth-order valence-corrected chi connectivity index (χ4v) is 6.06. The van der Waals surface area contributed by atoms with Crippen molar-refractivity contribution in [2.45, 2.75) is 44.2 Å². The van der Waals surface area contributed by atoms with Crippen molar-refractivity contribution < 1.29 is 0 Å². The van der Waals surface area contributed by atoms with E-state index in [-0.39, 0.29) is 0 Å². The van der Waals surface area contributed by atoms with Gasteiger partial charge in [0.15, 0.2) is 0 Å². The maximum Gasteiger partial charge on any atom is 0.0659 e. The summed E-state index contributed by atoms with van der Waals surface area (Å²) in [6, 6.07) is 3.80. The monoisotopic (exact) mass is 379 g/mol. The quantitative estimate of drug-likeness (QED) is 0.773. The van der Waals surface area contributed by atoms with E-state index in [1.807, 2.05) is 11.3 Å². The van der Waals surface area contributed by atoms with E-state index in [0.29, 0.717) is 6.04 Å². The minimum atomic E-state index is 0.641. The highest BCUT2D eigenvalue weighted by molar-refractivity contribution is 14.1. The summed E-state index contributed by atoms with van der Waals surface area (Å²) in [6.45, 7) is 0. The van der Waals surface area contributed by atoms with E-state index in [1.54, 1.807) is 10.4 Å². The lowest BCUT2D eigenvalue weighted by molar-refractivity contribution is 0.396. The van der Waals surface area contributed by atoms with Crippen molar-refractivity contribution in [3.05, 3.63) is 19.4 Å². The number of hydrogen-bond acceptors (Lipinski definition) is 3. The maximum absolute atomic E-state index is 3.91. The molecule has 1 aliphatic carbocycles. The van der Waals surface area contributed by atoms with Gasteiger partial charge in [-0.3, -0.25) is 0 Å². The Hall–Kier alpha value is 0.740. The molecule has 2 atom stereocenters. The van der Waals surface area contributed by atoms with Gasteiger partial charge in [0, 0.05) is 22.7 Å². The van der Waals surface area contributed by atoms with Gasteiger partial charge in [0.05, 0.1) is 2.88 Å². The molecule has 0 radical (unpaired) electrons. The molecule has 0 amide bonds. The van der Waals surface area contributed by atoms with Gasteiger partial charge in [0.2, 0.25) is 0 Å². The lowest BCUT2D eigenvalue weighted by atomic mass is 9.93. The summed E-state index contributed by atoms with van der Waals surface area (Å²) in [5.74, 6) is 2.68. The fourth-order valence-electron chi connectivity index (χ4n) is 2.85. The van der Waals surface area contributed by atoms with E-state index in [4.69, 9.17) is 0 Å².